The predicted molar refractivity (Wildman–Crippen MR) is 73.8 cm³/mol. The van der Waals surface area contributed by atoms with E-state index in [1.54, 1.807) is 24.3 Å². The first-order chi connectivity index (χ1) is 9.65. The largest absolute Gasteiger partial charge is 0.398 e. The average molecular weight is 266 g/mol. The number of nitrogen functional groups attached to an aromatic ring is 1. The summed E-state index contributed by atoms with van der Waals surface area (Å²) in [5.41, 5.74) is 7.31. The van der Waals surface area contributed by atoms with Crippen LogP contribution in [0, 0.1) is 0 Å². The van der Waals surface area contributed by atoms with E-state index in [0.29, 0.717) is 17.5 Å². The fraction of sp³-hybridized carbons (Fsp3) is 0. The molecule has 1 aliphatic carbocycles. The lowest BCUT2D eigenvalue weighted by molar-refractivity contribution is -0.105. The van der Waals surface area contributed by atoms with Crippen molar-refractivity contribution in [2.45, 2.75) is 0 Å². The van der Waals surface area contributed by atoms with Gasteiger partial charge in [0.25, 0.3) is 0 Å². The minimum atomic E-state index is -0.313. The second-order valence-electron chi connectivity index (χ2n) is 4.42. The molecule has 3 rings (SSSR count). The summed E-state index contributed by atoms with van der Waals surface area (Å²) in [6.45, 7) is 0. The lowest BCUT2D eigenvalue weighted by atomic mass is 9.82. The smallest absolute Gasteiger partial charge is 0.211 e. The van der Waals surface area contributed by atoms with Crippen molar-refractivity contribution in [2.75, 3.05) is 11.1 Å². The van der Waals surface area contributed by atoms with Crippen LogP contribution < -0.4 is 11.1 Å². The van der Waals surface area contributed by atoms with Crippen LogP contribution in [0.1, 0.15) is 31.8 Å². The Bertz CT molecular complexity index is 766. The second-order valence-corrected chi connectivity index (χ2v) is 4.42. The number of nitrogens with one attached hydrogen (secondary N) is 1. The number of hydrogen-bond donors (Lipinski definition) is 2. The molecule has 0 atom stereocenters. The van der Waals surface area contributed by atoms with E-state index in [9.17, 15) is 14.4 Å². The Morgan fingerprint density at radius 1 is 0.900 bits per heavy atom. The number of anilines is 2. The summed E-state index contributed by atoms with van der Waals surface area (Å²) in [6.07, 6.45) is 0.462. The molecule has 5 nitrogen and oxygen atoms in total. The second kappa shape index (κ2) is 4.31. The third kappa shape index (κ3) is 1.53. The van der Waals surface area contributed by atoms with Gasteiger partial charge >= 0.3 is 0 Å². The molecule has 0 saturated carbocycles. The number of ketones is 2. The number of fused-ring (bicyclic) bond motifs is 2. The molecule has 1 aliphatic rings. The molecule has 5 heteroatoms. The lowest BCUT2D eigenvalue weighted by Crippen LogP contribution is -2.23. The van der Waals surface area contributed by atoms with Crippen LogP contribution in [0.5, 0.6) is 0 Å². The molecule has 0 radical (unpaired) electrons. The highest BCUT2D eigenvalue weighted by Gasteiger charge is 2.33. The van der Waals surface area contributed by atoms with Gasteiger partial charge in [-0.3, -0.25) is 14.4 Å². The molecule has 0 spiro atoms. The molecule has 1 amide bonds. The molecule has 2 aromatic rings. The summed E-state index contributed by atoms with van der Waals surface area (Å²) in [6, 6.07) is 9.59. The SMILES string of the molecule is Nc1ccc(NC=O)c2c1C(=O)c1ccccc1C2=O. The van der Waals surface area contributed by atoms with Crippen LogP contribution in [0.15, 0.2) is 36.4 Å². The fourth-order valence-corrected chi connectivity index (χ4v) is 2.43. The third-order valence-corrected chi connectivity index (χ3v) is 3.32. The van der Waals surface area contributed by atoms with Gasteiger partial charge in [-0.2, -0.15) is 0 Å². The van der Waals surface area contributed by atoms with Crippen molar-refractivity contribution in [3.05, 3.63) is 58.7 Å². The number of hydrogen-bond acceptors (Lipinski definition) is 4. The first-order valence-corrected chi connectivity index (χ1v) is 5.96. The molecule has 98 valence electrons. The number of carbonyl (C=O) groups excluding carboxylic acids is 3. The Morgan fingerprint density at radius 3 is 2.10 bits per heavy atom. The van der Waals surface area contributed by atoms with Crippen LogP contribution in [-0.2, 0) is 4.79 Å². The van der Waals surface area contributed by atoms with Crippen molar-refractivity contribution in [1.29, 1.82) is 0 Å². The Labute approximate surface area is 114 Å². The summed E-state index contributed by atoms with van der Waals surface area (Å²) < 4.78 is 0. The van der Waals surface area contributed by atoms with E-state index in [1.807, 2.05) is 0 Å². The molecular weight excluding hydrogens is 256 g/mol. The molecule has 0 fully saturated rings. The van der Waals surface area contributed by atoms with Crippen molar-refractivity contribution in [3.8, 4) is 0 Å². The number of nitrogens with two attached hydrogens (primary N) is 1. The van der Waals surface area contributed by atoms with Crippen LogP contribution in [0.3, 0.4) is 0 Å². The zero-order valence-electron chi connectivity index (χ0n) is 10.3. The third-order valence-electron chi connectivity index (χ3n) is 3.32. The number of amides is 1. The van der Waals surface area contributed by atoms with E-state index in [1.165, 1.54) is 12.1 Å². The minimum absolute atomic E-state index is 0.153. The van der Waals surface area contributed by atoms with Gasteiger partial charge in [0.15, 0.2) is 11.6 Å². The zero-order valence-corrected chi connectivity index (χ0v) is 10.3. The lowest BCUT2D eigenvalue weighted by Gasteiger charge is -2.21. The number of benzene rings is 2. The van der Waals surface area contributed by atoms with E-state index in [4.69, 9.17) is 5.73 Å². The molecule has 20 heavy (non-hydrogen) atoms. The summed E-state index contributed by atoms with van der Waals surface area (Å²) in [5.74, 6) is -0.617. The maximum Gasteiger partial charge on any atom is 0.211 e. The maximum atomic E-state index is 12.5. The predicted octanol–water partition coefficient (Wildman–Crippen LogP) is 1.61. The standard InChI is InChI=1S/C15H10N2O3/c16-10-5-6-11(17-7-18)13-12(10)14(19)8-3-1-2-4-9(8)15(13)20/h1-7H,16H2,(H,17,18). The van der Waals surface area contributed by atoms with Crippen LogP contribution >= 0.6 is 0 Å². The molecule has 0 saturated heterocycles. The van der Waals surface area contributed by atoms with Gasteiger partial charge in [0.1, 0.15) is 0 Å². The highest BCUT2D eigenvalue weighted by Crippen LogP contribution is 2.34. The monoisotopic (exact) mass is 266 g/mol. The maximum absolute atomic E-state index is 12.5. The van der Waals surface area contributed by atoms with Gasteiger partial charge in [0.2, 0.25) is 6.41 Å². The van der Waals surface area contributed by atoms with Gasteiger partial charge in [0, 0.05) is 16.8 Å². The number of rotatable bonds is 2. The van der Waals surface area contributed by atoms with Gasteiger partial charge in [0.05, 0.1) is 16.8 Å². The summed E-state index contributed by atoms with van der Waals surface area (Å²) in [4.78, 5) is 35.7. The van der Waals surface area contributed by atoms with Crippen LogP contribution in [0.2, 0.25) is 0 Å². The summed E-state index contributed by atoms with van der Waals surface area (Å²) in [7, 11) is 0. The van der Waals surface area contributed by atoms with Crippen LogP contribution in [0.4, 0.5) is 11.4 Å². The Kier molecular flexibility index (Phi) is 2.61. The molecule has 0 aromatic heterocycles. The molecule has 0 aliphatic heterocycles. The summed E-state index contributed by atoms with van der Waals surface area (Å²) >= 11 is 0. The fourth-order valence-electron chi connectivity index (χ4n) is 2.43. The van der Waals surface area contributed by atoms with Gasteiger partial charge in [-0.15, -0.1) is 0 Å². The number of carbonyl (C=O) groups is 3. The van der Waals surface area contributed by atoms with Gasteiger partial charge in [-0.1, -0.05) is 24.3 Å². The summed E-state index contributed by atoms with van der Waals surface area (Å²) in [5, 5.41) is 2.44. The first kappa shape index (κ1) is 12.1. The molecule has 0 heterocycles. The molecule has 3 N–H and O–H groups in total. The Balaban J connectivity index is 2.35. The molecule has 0 bridgehead atoms. The van der Waals surface area contributed by atoms with Crippen molar-refractivity contribution in [3.63, 3.8) is 0 Å². The highest BCUT2D eigenvalue weighted by molar-refractivity contribution is 6.32. The van der Waals surface area contributed by atoms with E-state index < -0.39 is 0 Å². The highest BCUT2D eigenvalue weighted by atomic mass is 16.1. The van der Waals surface area contributed by atoms with Crippen molar-refractivity contribution in [1.82, 2.24) is 0 Å². The van der Waals surface area contributed by atoms with Crippen molar-refractivity contribution >= 4 is 29.4 Å². The normalized spacial score (nSPS) is 12.6. The zero-order chi connectivity index (χ0) is 14.3. The van der Waals surface area contributed by atoms with E-state index in [2.05, 4.69) is 5.32 Å². The average Bonchev–Trinajstić information content (AvgIpc) is 2.47. The van der Waals surface area contributed by atoms with Gasteiger partial charge < -0.3 is 11.1 Å². The van der Waals surface area contributed by atoms with Crippen molar-refractivity contribution in [2.24, 2.45) is 0 Å². The minimum Gasteiger partial charge on any atom is -0.398 e. The molecule has 2 aromatic carbocycles. The van der Waals surface area contributed by atoms with Gasteiger partial charge in [-0.25, -0.2) is 0 Å². The van der Waals surface area contributed by atoms with E-state index in [0.717, 1.165) is 0 Å². The van der Waals surface area contributed by atoms with Crippen LogP contribution in [-0.4, -0.2) is 18.0 Å². The van der Waals surface area contributed by atoms with Gasteiger partial charge in [-0.05, 0) is 12.1 Å². The quantitative estimate of drug-likeness (QED) is 0.544. The van der Waals surface area contributed by atoms with Crippen molar-refractivity contribution < 1.29 is 14.4 Å². The van der Waals surface area contributed by atoms with Crippen LogP contribution in [0.25, 0.3) is 0 Å². The topological polar surface area (TPSA) is 89.3 Å². The van der Waals surface area contributed by atoms with E-state index >= 15 is 0 Å². The van der Waals surface area contributed by atoms with E-state index in [-0.39, 0.29) is 34.1 Å². The molecular formula is C15H10N2O3. The molecule has 0 unspecified atom stereocenters. The Morgan fingerprint density at radius 2 is 1.50 bits per heavy atom. The first-order valence-electron chi connectivity index (χ1n) is 5.96. The Hall–Kier alpha value is -2.95.